The van der Waals surface area contributed by atoms with Crippen LogP contribution < -0.4 is 16.0 Å². The van der Waals surface area contributed by atoms with Gasteiger partial charge in [-0.15, -0.1) is 0 Å². The van der Waals surface area contributed by atoms with Crippen molar-refractivity contribution in [2.24, 2.45) is 0 Å². The van der Waals surface area contributed by atoms with E-state index in [9.17, 15) is 4.79 Å². The van der Waals surface area contributed by atoms with E-state index in [0.717, 1.165) is 10.2 Å². The number of anilines is 1. The fraction of sp³-hybridized carbons (Fsp3) is 0.333. The second-order valence-electron chi connectivity index (χ2n) is 4.42. The van der Waals surface area contributed by atoms with Gasteiger partial charge in [0.05, 0.1) is 0 Å². The second-order valence-corrected chi connectivity index (χ2v) is 8.12. The maximum atomic E-state index is 11.7. The number of halogens is 4. The molecule has 1 aromatic rings. The summed E-state index contributed by atoms with van der Waals surface area (Å²) in [4.78, 5) is 13.0. The van der Waals surface area contributed by atoms with Gasteiger partial charge in [-0.2, -0.15) is 0 Å². The van der Waals surface area contributed by atoms with Crippen LogP contribution in [0.4, 0.5) is 10.5 Å². The van der Waals surface area contributed by atoms with E-state index in [1.54, 1.807) is 14.1 Å². The highest BCUT2D eigenvalue weighted by Crippen LogP contribution is 2.29. The van der Waals surface area contributed by atoms with Gasteiger partial charge in [-0.3, -0.25) is 0 Å². The summed E-state index contributed by atoms with van der Waals surface area (Å²) >= 11 is 26.1. The number of nitrogens with zero attached hydrogens (tertiary/aromatic N) is 1. The molecule has 0 heterocycles. The number of nitrogens with one attached hydrogen (secondary N) is 3. The van der Waals surface area contributed by atoms with E-state index >= 15 is 0 Å². The lowest BCUT2D eigenvalue weighted by molar-refractivity contribution is 0.212. The number of benzene rings is 1. The lowest BCUT2D eigenvalue weighted by atomic mass is 10.3. The molecule has 0 saturated carbocycles. The van der Waals surface area contributed by atoms with Gasteiger partial charge in [0.2, 0.25) is 3.79 Å². The highest BCUT2D eigenvalue weighted by molar-refractivity contribution is 9.10. The highest BCUT2D eigenvalue weighted by Gasteiger charge is 2.35. The maximum absolute atomic E-state index is 11.7. The zero-order chi connectivity index (χ0) is 16.9. The average molecular weight is 449 g/mol. The molecular weight excluding hydrogens is 434 g/mol. The molecule has 0 bridgehead atoms. The Morgan fingerprint density at radius 3 is 2.23 bits per heavy atom. The van der Waals surface area contributed by atoms with E-state index in [0.29, 0.717) is 0 Å². The molecule has 10 heteroatoms. The molecule has 0 aromatic heterocycles. The Bertz CT molecular complexity index is 536. The van der Waals surface area contributed by atoms with Crippen LogP contribution in [-0.2, 0) is 0 Å². The number of carbonyl (C=O) groups is 1. The van der Waals surface area contributed by atoms with Crippen molar-refractivity contribution in [2.75, 3.05) is 19.4 Å². The minimum Gasteiger partial charge on any atom is -0.339 e. The molecule has 1 rings (SSSR count). The van der Waals surface area contributed by atoms with Crippen molar-refractivity contribution in [3.05, 3.63) is 28.7 Å². The van der Waals surface area contributed by atoms with E-state index in [-0.39, 0.29) is 5.11 Å². The summed E-state index contributed by atoms with van der Waals surface area (Å²) < 4.78 is -0.841. The van der Waals surface area contributed by atoms with Gasteiger partial charge in [-0.05, 0) is 36.5 Å². The molecule has 2 amide bonds. The van der Waals surface area contributed by atoms with Crippen molar-refractivity contribution in [1.29, 1.82) is 0 Å². The maximum Gasteiger partial charge on any atom is 0.318 e. The molecule has 3 N–H and O–H groups in total. The molecular formula is C12H14BrCl3N4OS. The number of rotatable bonds is 3. The summed E-state index contributed by atoms with van der Waals surface area (Å²) in [6, 6.07) is 6.92. The van der Waals surface area contributed by atoms with Crippen molar-refractivity contribution in [3.8, 4) is 0 Å². The SMILES string of the molecule is CN(C)C(=O)N[C@H](NC(=S)Nc1ccc(Br)cc1)C(Cl)(Cl)Cl. The summed E-state index contributed by atoms with van der Waals surface area (Å²) in [6.45, 7) is 0. The quantitative estimate of drug-likeness (QED) is 0.375. The number of thiocarbonyl (C=S) groups is 1. The molecule has 1 atom stereocenters. The van der Waals surface area contributed by atoms with Crippen LogP contribution in [0.1, 0.15) is 0 Å². The smallest absolute Gasteiger partial charge is 0.318 e. The minimum absolute atomic E-state index is 0.206. The molecule has 0 radical (unpaired) electrons. The highest BCUT2D eigenvalue weighted by atomic mass is 79.9. The van der Waals surface area contributed by atoms with Crippen molar-refractivity contribution < 1.29 is 4.79 Å². The molecule has 0 fully saturated rings. The van der Waals surface area contributed by atoms with Crippen LogP contribution in [0, 0.1) is 0 Å². The summed E-state index contributed by atoms with van der Waals surface area (Å²) in [5.74, 6) is 0. The minimum atomic E-state index is -1.78. The second kappa shape index (κ2) is 8.40. The molecule has 1 aromatic carbocycles. The fourth-order valence-corrected chi connectivity index (χ4v) is 2.11. The van der Waals surface area contributed by atoms with Gasteiger partial charge in [0.15, 0.2) is 11.3 Å². The van der Waals surface area contributed by atoms with E-state index in [2.05, 4.69) is 31.9 Å². The van der Waals surface area contributed by atoms with E-state index in [1.807, 2.05) is 24.3 Å². The van der Waals surface area contributed by atoms with E-state index < -0.39 is 16.0 Å². The van der Waals surface area contributed by atoms with Crippen LogP contribution in [0.2, 0.25) is 0 Å². The third-order valence-electron chi connectivity index (χ3n) is 2.38. The Morgan fingerprint density at radius 1 is 1.23 bits per heavy atom. The van der Waals surface area contributed by atoms with Crippen molar-refractivity contribution >= 4 is 79.8 Å². The monoisotopic (exact) mass is 446 g/mol. The van der Waals surface area contributed by atoms with Crippen molar-refractivity contribution in [3.63, 3.8) is 0 Å². The van der Waals surface area contributed by atoms with Gasteiger partial charge in [0, 0.05) is 24.3 Å². The molecule has 122 valence electrons. The van der Waals surface area contributed by atoms with Gasteiger partial charge in [0.25, 0.3) is 0 Å². The van der Waals surface area contributed by atoms with Crippen LogP contribution in [0.3, 0.4) is 0 Å². The zero-order valence-electron chi connectivity index (χ0n) is 11.7. The Kier molecular flexibility index (Phi) is 7.48. The average Bonchev–Trinajstić information content (AvgIpc) is 2.39. The van der Waals surface area contributed by atoms with E-state index in [1.165, 1.54) is 4.90 Å². The first-order valence-electron chi connectivity index (χ1n) is 5.97. The summed E-state index contributed by atoms with van der Waals surface area (Å²) in [5.41, 5.74) is 0.753. The van der Waals surface area contributed by atoms with Crippen LogP contribution in [0.5, 0.6) is 0 Å². The standard InChI is InChI=1S/C12H14BrCl3N4OS/c1-20(2)11(21)19-9(12(14,15)16)18-10(22)17-8-5-3-7(13)4-6-8/h3-6,9H,1-2H3,(H,19,21)(H2,17,18,22)/t9-/m0/s1. The summed E-state index contributed by atoms with van der Waals surface area (Å²) in [7, 11) is 3.15. The third-order valence-corrected chi connectivity index (χ3v) is 3.78. The molecule has 0 saturated heterocycles. The molecule has 0 aliphatic heterocycles. The molecule has 0 aliphatic carbocycles. The molecule has 0 unspecified atom stereocenters. The number of hydrogen-bond acceptors (Lipinski definition) is 2. The molecule has 22 heavy (non-hydrogen) atoms. The first-order chi connectivity index (χ1) is 10.1. The van der Waals surface area contributed by atoms with Crippen LogP contribution in [0.25, 0.3) is 0 Å². The predicted molar refractivity (Wildman–Crippen MR) is 99.8 cm³/mol. The predicted octanol–water partition coefficient (Wildman–Crippen LogP) is 3.70. The van der Waals surface area contributed by atoms with Crippen molar-refractivity contribution in [1.82, 2.24) is 15.5 Å². The number of hydrogen-bond donors (Lipinski definition) is 3. The van der Waals surface area contributed by atoms with Crippen molar-refractivity contribution in [2.45, 2.75) is 9.96 Å². The zero-order valence-corrected chi connectivity index (χ0v) is 16.3. The Balaban J connectivity index is 2.70. The Labute approximate surface area is 157 Å². The van der Waals surface area contributed by atoms with Gasteiger partial charge in [-0.25, -0.2) is 4.79 Å². The number of amides is 2. The van der Waals surface area contributed by atoms with Gasteiger partial charge < -0.3 is 20.9 Å². The normalized spacial score (nSPS) is 12.3. The number of carbonyl (C=O) groups excluding carboxylic acids is 1. The van der Waals surface area contributed by atoms with Gasteiger partial charge in [0.1, 0.15) is 0 Å². The van der Waals surface area contributed by atoms with Gasteiger partial charge >= 0.3 is 6.03 Å². The Morgan fingerprint density at radius 2 is 1.77 bits per heavy atom. The fourth-order valence-electron chi connectivity index (χ4n) is 1.28. The first-order valence-corrected chi connectivity index (χ1v) is 8.30. The van der Waals surface area contributed by atoms with E-state index in [4.69, 9.17) is 47.0 Å². The topological polar surface area (TPSA) is 56.4 Å². The number of alkyl halides is 3. The first kappa shape index (κ1) is 19.6. The molecule has 0 spiro atoms. The van der Waals surface area contributed by atoms with Crippen LogP contribution >= 0.6 is 63.0 Å². The summed E-state index contributed by atoms with van der Waals surface area (Å²) in [6.07, 6.45) is -0.997. The third kappa shape index (κ3) is 6.75. The lowest BCUT2D eigenvalue weighted by Crippen LogP contribution is -2.57. The lowest BCUT2D eigenvalue weighted by Gasteiger charge is -2.28. The Hall–Kier alpha value is -0.470. The largest absolute Gasteiger partial charge is 0.339 e. The molecule has 0 aliphatic rings. The summed E-state index contributed by atoms with van der Waals surface area (Å²) in [5, 5.41) is 8.43. The van der Waals surface area contributed by atoms with Crippen LogP contribution in [-0.4, -0.2) is 40.1 Å². The number of urea groups is 1. The molecule has 5 nitrogen and oxygen atoms in total. The van der Waals surface area contributed by atoms with Crippen LogP contribution in [0.15, 0.2) is 28.7 Å². The van der Waals surface area contributed by atoms with Gasteiger partial charge in [-0.1, -0.05) is 50.7 Å².